The molecule has 1 aliphatic carbocycles. The van der Waals surface area contributed by atoms with Crippen molar-refractivity contribution in [3.05, 3.63) is 26.9 Å². The quantitative estimate of drug-likeness (QED) is 0.627. The molecule has 0 fully saturated rings. The van der Waals surface area contributed by atoms with Gasteiger partial charge in [0, 0.05) is 6.20 Å². The van der Waals surface area contributed by atoms with Gasteiger partial charge < -0.3 is 0 Å². The van der Waals surface area contributed by atoms with Gasteiger partial charge in [-0.1, -0.05) is 11.6 Å². The van der Waals surface area contributed by atoms with E-state index in [4.69, 9.17) is 11.6 Å². The van der Waals surface area contributed by atoms with Crippen molar-refractivity contribution in [3.63, 3.8) is 0 Å². The summed E-state index contributed by atoms with van der Waals surface area (Å²) in [4.78, 5) is 4.14. The van der Waals surface area contributed by atoms with Crippen molar-refractivity contribution in [1.29, 1.82) is 0 Å². The van der Waals surface area contributed by atoms with Gasteiger partial charge in [-0.2, -0.15) is 0 Å². The Morgan fingerprint density at radius 3 is 2.82 bits per heavy atom. The Hall–Kier alpha value is -0.0800. The van der Waals surface area contributed by atoms with Crippen LogP contribution in [0.25, 0.3) is 0 Å². The van der Waals surface area contributed by atoms with E-state index in [1.165, 1.54) is 17.5 Å². The van der Waals surface area contributed by atoms with Gasteiger partial charge in [-0.3, -0.25) is 0 Å². The maximum atomic E-state index is 5.96. The lowest BCUT2D eigenvalue weighted by Crippen LogP contribution is -1.88. The Balaban J connectivity index is 2.64. The molecule has 58 valence electrons. The third kappa shape index (κ3) is 1.18. The summed E-state index contributed by atoms with van der Waals surface area (Å²) in [7, 11) is 0. The number of rotatable bonds is 0. The lowest BCUT2D eigenvalue weighted by atomic mass is 10.2. The molecule has 0 aromatic carbocycles. The molecule has 1 nitrogen and oxygen atoms in total. The van der Waals surface area contributed by atoms with Crippen LogP contribution in [0.3, 0.4) is 0 Å². The van der Waals surface area contributed by atoms with Crippen LogP contribution in [0.1, 0.15) is 17.5 Å². The summed E-state index contributed by atoms with van der Waals surface area (Å²) in [5.41, 5.74) is 2.59. The van der Waals surface area contributed by atoms with Gasteiger partial charge in [-0.15, -0.1) is 0 Å². The van der Waals surface area contributed by atoms with Crippen LogP contribution in [0.2, 0.25) is 5.02 Å². The standard InChI is InChI=1S/C8H7BrClN/c9-8-6-3-1-2-5(6)7(10)4-11-8/h4H,1-3H2. The second-order valence-corrected chi connectivity index (χ2v) is 3.87. The van der Waals surface area contributed by atoms with E-state index in [9.17, 15) is 0 Å². The van der Waals surface area contributed by atoms with Gasteiger partial charge in [0.05, 0.1) is 5.02 Å². The first-order valence-electron chi connectivity index (χ1n) is 3.61. The van der Waals surface area contributed by atoms with Crippen LogP contribution in [-0.2, 0) is 12.8 Å². The second kappa shape index (κ2) is 2.76. The molecule has 1 heterocycles. The van der Waals surface area contributed by atoms with E-state index in [0.717, 1.165) is 22.5 Å². The van der Waals surface area contributed by atoms with Crippen LogP contribution in [-0.4, -0.2) is 4.98 Å². The Morgan fingerprint density at radius 1 is 1.36 bits per heavy atom. The molecule has 0 amide bonds. The highest BCUT2D eigenvalue weighted by atomic mass is 79.9. The van der Waals surface area contributed by atoms with E-state index >= 15 is 0 Å². The van der Waals surface area contributed by atoms with Gasteiger partial charge >= 0.3 is 0 Å². The fraction of sp³-hybridized carbons (Fsp3) is 0.375. The highest BCUT2D eigenvalue weighted by Crippen LogP contribution is 2.32. The van der Waals surface area contributed by atoms with Crippen molar-refractivity contribution in [2.75, 3.05) is 0 Å². The second-order valence-electron chi connectivity index (χ2n) is 2.71. The maximum absolute atomic E-state index is 5.96. The van der Waals surface area contributed by atoms with Crippen LogP contribution < -0.4 is 0 Å². The number of aromatic nitrogens is 1. The lowest BCUT2D eigenvalue weighted by molar-refractivity contribution is 0.909. The van der Waals surface area contributed by atoms with Crippen LogP contribution >= 0.6 is 27.5 Å². The van der Waals surface area contributed by atoms with Gasteiger partial charge in [0.2, 0.25) is 0 Å². The molecule has 3 heteroatoms. The minimum absolute atomic E-state index is 0.820. The Morgan fingerprint density at radius 2 is 2.09 bits per heavy atom. The largest absolute Gasteiger partial charge is 0.248 e. The summed E-state index contributed by atoms with van der Waals surface area (Å²) in [5.74, 6) is 0. The molecule has 11 heavy (non-hydrogen) atoms. The Bertz CT molecular complexity index is 269. The maximum Gasteiger partial charge on any atom is 0.109 e. The highest BCUT2D eigenvalue weighted by Gasteiger charge is 2.17. The van der Waals surface area contributed by atoms with E-state index in [2.05, 4.69) is 20.9 Å². The van der Waals surface area contributed by atoms with Gasteiger partial charge in [0.1, 0.15) is 4.60 Å². The number of nitrogens with zero attached hydrogens (tertiary/aromatic N) is 1. The molecule has 0 saturated heterocycles. The predicted molar refractivity (Wildman–Crippen MR) is 49.0 cm³/mol. The number of pyridine rings is 1. The highest BCUT2D eigenvalue weighted by molar-refractivity contribution is 9.10. The number of hydrogen-bond acceptors (Lipinski definition) is 1. The van der Waals surface area contributed by atoms with Crippen molar-refractivity contribution < 1.29 is 0 Å². The average molecular weight is 233 g/mol. The van der Waals surface area contributed by atoms with Crippen molar-refractivity contribution in [3.8, 4) is 0 Å². The number of halogens is 2. The molecule has 0 radical (unpaired) electrons. The van der Waals surface area contributed by atoms with Gasteiger partial charge in [-0.05, 0) is 46.3 Å². The van der Waals surface area contributed by atoms with E-state index in [0.29, 0.717) is 0 Å². The molecular weight excluding hydrogens is 225 g/mol. The van der Waals surface area contributed by atoms with Gasteiger partial charge in [-0.25, -0.2) is 4.98 Å². The predicted octanol–water partition coefficient (Wildman–Crippen LogP) is 2.99. The molecule has 1 aromatic rings. The summed E-state index contributed by atoms with van der Waals surface area (Å²) in [6.45, 7) is 0. The SMILES string of the molecule is Clc1cnc(Br)c2c1CCC2. The van der Waals surface area contributed by atoms with Crippen molar-refractivity contribution >= 4 is 27.5 Å². The first kappa shape index (κ1) is 7.56. The van der Waals surface area contributed by atoms with Gasteiger partial charge in [0.25, 0.3) is 0 Å². The van der Waals surface area contributed by atoms with Crippen LogP contribution in [0, 0.1) is 0 Å². The number of hydrogen-bond donors (Lipinski definition) is 0. The smallest absolute Gasteiger partial charge is 0.109 e. The monoisotopic (exact) mass is 231 g/mol. The molecule has 0 spiro atoms. The summed E-state index contributed by atoms with van der Waals surface area (Å²) in [6.07, 6.45) is 5.15. The van der Waals surface area contributed by atoms with Crippen molar-refractivity contribution in [2.24, 2.45) is 0 Å². The van der Waals surface area contributed by atoms with Crippen LogP contribution in [0.5, 0.6) is 0 Å². The summed E-state index contributed by atoms with van der Waals surface area (Å²) >= 11 is 9.37. The zero-order valence-corrected chi connectivity index (χ0v) is 8.24. The molecule has 0 N–H and O–H groups in total. The Labute approximate surface area is 78.9 Å². The van der Waals surface area contributed by atoms with Crippen molar-refractivity contribution in [1.82, 2.24) is 4.98 Å². The van der Waals surface area contributed by atoms with Crippen LogP contribution in [0.4, 0.5) is 0 Å². The topological polar surface area (TPSA) is 12.9 Å². The fourth-order valence-corrected chi connectivity index (χ4v) is 2.30. The zero-order chi connectivity index (χ0) is 7.84. The molecule has 0 bridgehead atoms. The van der Waals surface area contributed by atoms with Gasteiger partial charge in [0.15, 0.2) is 0 Å². The van der Waals surface area contributed by atoms with E-state index in [-0.39, 0.29) is 0 Å². The van der Waals surface area contributed by atoms with E-state index < -0.39 is 0 Å². The lowest BCUT2D eigenvalue weighted by Gasteiger charge is -2.01. The summed E-state index contributed by atoms with van der Waals surface area (Å²) < 4.78 is 0.967. The zero-order valence-electron chi connectivity index (χ0n) is 5.90. The summed E-state index contributed by atoms with van der Waals surface area (Å²) in [6, 6.07) is 0. The third-order valence-electron chi connectivity index (χ3n) is 2.05. The molecule has 0 unspecified atom stereocenters. The molecular formula is C8H7BrClN. The fourth-order valence-electron chi connectivity index (χ4n) is 1.50. The molecule has 0 saturated carbocycles. The Kier molecular flexibility index (Phi) is 1.90. The summed E-state index contributed by atoms with van der Waals surface area (Å²) in [5, 5.41) is 0.820. The molecule has 1 aliphatic rings. The molecule has 1 aromatic heterocycles. The minimum atomic E-state index is 0.820. The minimum Gasteiger partial charge on any atom is -0.248 e. The van der Waals surface area contributed by atoms with E-state index in [1.807, 2.05) is 0 Å². The third-order valence-corrected chi connectivity index (χ3v) is 3.06. The van der Waals surface area contributed by atoms with E-state index in [1.54, 1.807) is 6.20 Å². The normalized spacial score (nSPS) is 15.1. The van der Waals surface area contributed by atoms with Crippen molar-refractivity contribution in [2.45, 2.75) is 19.3 Å². The average Bonchev–Trinajstić information content (AvgIpc) is 2.45. The first-order valence-corrected chi connectivity index (χ1v) is 4.78. The first-order chi connectivity index (χ1) is 5.29. The molecule has 0 atom stereocenters. The molecule has 2 rings (SSSR count). The van der Waals surface area contributed by atoms with Crippen LogP contribution in [0.15, 0.2) is 10.8 Å². The number of fused-ring (bicyclic) bond motifs is 1. The molecule has 0 aliphatic heterocycles.